The molecule has 0 fully saturated rings. The second-order valence-corrected chi connectivity index (χ2v) is 4.47. The predicted octanol–water partition coefficient (Wildman–Crippen LogP) is 2.64. The van der Waals surface area contributed by atoms with Gasteiger partial charge in [0.25, 0.3) is 0 Å². The number of aliphatic hydroxyl groups excluding tert-OH is 1. The van der Waals surface area contributed by atoms with E-state index in [9.17, 15) is 5.11 Å². The third-order valence-electron chi connectivity index (χ3n) is 3.12. The molecular formula is C15H18N2O. The smallest absolute Gasteiger partial charge is 0.129 e. The lowest BCUT2D eigenvalue weighted by Crippen LogP contribution is -2.07. The SMILES string of the molecule is Cc1ccnc(N)c1C(O)CCc1ccccc1. The van der Waals surface area contributed by atoms with E-state index in [2.05, 4.69) is 17.1 Å². The van der Waals surface area contributed by atoms with Crippen LogP contribution in [-0.2, 0) is 6.42 Å². The summed E-state index contributed by atoms with van der Waals surface area (Å²) in [5, 5.41) is 10.2. The van der Waals surface area contributed by atoms with Crippen molar-refractivity contribution in [2.75, 3.05) is 5.73 Å². The Labute approximate surface area is 107 Å². The second-order valence-electron chi connectivity index (χ2n) is 4.47. The molecule has 3 heteroatoms. The molecule has 0 radical (unpaired) electrons. The molecule has 0 bridgehead atoms. The molecule has 0 aliphatic rings. The van der Waals surface area contributed by atoms with Gasteiger partial charge in [-0.2, -0.15) is 0 Å². The minimum atomic E-state index is -0.557. The zero-order valence-electron chi connectivity index (χ0n) is 10.5. The molecule has 0 saturated carbocycles. The zero-order valence-corrected chi connectivity index (χ0v) is 10.5. The maximum Gasteiger partial charge on any atom is 0.129 e. The minimum absolute atomic E-state index is 0.426. The summed E-state index contributed by atoms with van der Waals surface area (Å²) in [7, 11) is 0. The number of nitrogen functional groups attached to an aromatic ring is 1. The molecule has 2 aromatic rings. The monoisotopic (exact) mass is 242 g/mol. The Kier molecular flexibility index (Phi) is 3.95. The maximum atomic E-state index is 10.2. The highest BCUT2D eigenvalue weighted by Crippen LogP contribution is 2.25. The van der Waals surface area contributed by atoms with Gasteiger partial charge in [0, 0.05) is 11.8 Å². The number of anilines is 1. The van der Waals surface area contributed by atoms with Crippen LogP contribution in [0.2, 0.25) is 0 Å². The van der Waals surface area contributed by atoms with Crippen LogP contribution in [-0.4, -0.2) is 10.1 Å². The number of aryl methyl sites for hydroxylation is 2. The largest absolute Gasteiger partial charge is 0.388 e. The lowest BCUT2D eigenvalue weighted by molar-refractivity contribution is 0.167. The number of nitrogens with two attached hydrogens (primary N) is 1. The van der Waals surface area contributed by atoms with E-state index in [-0.39, 0.29) is 0 Å². The third kappa shape index (κ3) is 2.87. The number of nitrogens with zero attached hydrogens (tertiary/aromatic N) is 1. The molecule has 3 nitrogen and oxygen atoms in total. The van der Waals surface area contributed by atoms with Gasteiger partial charge in [-0.3, -0.25) is 0 Å². The van der Waals surface area contributed by atoms with Gasteiger partial charge in [-0.1, -0.05) is 30.3 Å². The normalized spacial score (nSPS) is 12.3. The van der Waals surface area contributed by atoms with E-state index in [0.717, 1.165) is 17.5 Å². The van der Waals surface area contributed by atoms with Crippen LogP contribution in [0.5, 0.6) is 0 Å². The Bertz CT molecular complexity index is 491. The topological polar surface area (TPSA) is 59.1 Å². The average Bonchev–Trinajstić information content (AvgIpc) is 2.37. The molecule has 18 heavy (non-hydrogen) atoms. The number of benzene rings is 1. The highest BCUT2D eigenvalue weighted by molar-refractivity contribution is 5.45. The summed E-state index contributed by atoms with van der Waals surface area (Å²) in [5.74, 6) is 0.426. The first-order valence-corrected chi connectivity index (χ1v) is 6.11. The van der Waals surface area contributed by atoms with E-state index in [4.69, 9.17) is 5.73 Å². The Hall–Kier alpha value is -1.87. The number of aliphatic hydroxyl groups is 1. The summed E-state index contributed by atoms with van der Waals surface area (Å²) in [6, 6.07) is 12.0. The van der Waals surface area contributed by atoms with Crippen LogP contribution in [0.15, 0.2) is 42.6 Å². The fraction of sp³-hybridized carbons (Fsp3) is 0.267. The minimum Gasteiger partial charge on any atom is -0.388 e. The van der Waals surface area contributed by atoms with E-state index in [1.807, 2.05) is 31.2 Å². The number of hydrogen-bond donors (Lipinski definition) is 2. The molecule has 1 aromatic carbocycles. The van der Waals surface area contributed by atoms with Crippen molar-refractivity contribution in [1.82, 2.24) is 4.98 Å². The average molecular weight is 242 g/mol. The van der Waals surface area contributed by atoms with Crippen molar-refractivity contribution in [3.05, 3.63) is 59.3 Å². The van der Waals surface area contributed by atoms with Crippen molar-refractivity contribution in [2.45, 2.75) is 25.9 Å². The van der Waals surface area contributed by atoms with E-state index >= 15 is 0 Å². The molecule has 0 spiro atoms. The van der Waals surface area contributed by atoms with Crippen LogP contribution in [0.3, 0.4) is 0 Å². The van der Waals surface area contributed by atoms with E-state index < -0.39 is 6.10 Å². The molecule has 2 rings (SSSR count). The first-order chi connectivity index (χ1) is 8.68. The Balaban J connectivity index is 2.06. The number of rotatable bonds is 4. The molecule has 1 aromatic heterocycles. The van der Waals surface area contributed by atoms with Crippen molar-refractivity contribution in [2.24, 2.45) is 0 Å². The van der Waals surface area contributed by atoms with Crippen molar-refractivity contribution >= 4 is 5.82 Å². The van der Waals surface area contributed by atoms with Crippen LogP contribution in [0.25, 0.3) is 0 Å². The summed E-state index contributed by atoms with van der Waals surface area (Å²) in [4.78, 5) is 4.03. The lowest BCUT2D eigenvalue weighted by Gasteiger charge is -2.15. The quantitative estimate of drug-likeness (QED) is 0.866. The summed E-state index contributed by atoms with van der Waals surface area (Å²) >= 11 is 0. The zero-order chi connectivity index (χ0) is 13.0. The van der Waals surface area contributed by atoms with Gasteiger partial charge in [0.15, 0.2) is 0 Å². The standard InChI is InChI=1S/C15H18N2O/c1-11-9-10-17-15(16)14(11)13(18)8-7-12-5-3-2-4-6-12/h2-6,9-10,13,18H,7-8H2,1H3,(H2,16,17). The molecule has 1 heterocycles. The molecular weight excluding hydrogens is 224 g/mol. The molecule has 0 aliphatic heterocycles. The van der Waals surface area contributed by atoms with Crippen molar-refractivity contribution in [3.63, 3.8) is 0 Å². The molecule has 0 aliphatic carbocycles. The summed E-state index contributed by atoms with van der Waals surface area (Å²) in [5.41, 5.74) is 8.79. The van der Waals surface area contributed by atoms with Crippen LogP contribution in [0, 0.1) is 6.92 Å². The first-order valence-electron chi connectivity index (χ1n) is 6.11. The van der Waals surface area contributed by atoms with Crippen molar-refractivity contribution < 1.29 is 5.11 Å². The van der Waals surface area contributed by atoms with Gasteiger partial charge in [0.1, 0.15) is 5.82 Å². The maximum absolute atomic E-state index is 10.2. The summed E-state index contributed by atoms with van der Waals surface area (Å²) < 4.78 is 0. The van der Waals surface area contributed by atoms with Gasteiger partial charge >= 0.3 is 0 Å². The first kappa shape index (κ1) is 12.6. The molecule has 0 saturated heterocycles. The fourth-order valence-electron chi connectivity index (χ4n) is 2.12. The van der Waals surface area contributed by atoms with E-state index in [0.29, 0.717) is 12.2 Å². The number of aromatic nitrogens is 1. The molecule has 3 N–H and O–H groups in total. The molecule has 1 unspecified atom stereocenters. The molecule has 1 atom stereocenters. The van der Waals surface area contributed by atoms with Crippen molar-refractivity contribution in [3.8, 4) is 0 Å². The summed E-state index contributed by atoms with van der Waals surface area (Å²) in [6.07, 6.45) is 2.59. The lowest BCUT2D eigenvalue weighted by atomic mass is 9.99. The number of hydrogen-bond acceptors (Lipinski definition) is 3. The Morgan fingerprint density at radius 3 is 2.61 bits per heavy atom. The van der Waals surface area contributed by atoms with Gasteiger partial charge < -0.3 is 10.8 Å². The van der Waals surface area contributed by atoms with Gasteiger partial charge in [-0.25, -0.2) is 4.98 Å². The molecule has 0 amide bonds. The van der Waals surface area contributed by atoms with E-state index in [1.165, 1.54) is 5.56 Å². The predicted molar refractivity (Wildman–Crippen MR) is 73.1 cm³/mol. The van der Waals surface area contributed by atoms with Crippen LogP contribution in [0.1, 0.15) is 29.2 Å². The van der Waals surface area contributed by atoms with Gasteiger partial charge in [0.05, 0.1) is 6.10 Å². The highest BCUT2D eigenvalue weighted by Gasteiger charge is 2.14. The second kappa shape index (κ2) is 5.65. The van der Waals surface area contributed by atoms with Gasteiger partial charge in [-0.05, 0) is 37.0 Å². The fourth-order valence-corrected chi connectivity index (χ4v) is 2.12. The van der Waals surface area contributed by atoms with Crippen LogP contribution < -0.4 is 5.73 Å². The van der Waals surface area contributed by atoms with Crippen LogP contribution in [0.4, 0.5) is 5.82 Å². The highest BCUT2D eigenvalue weighted by atomic mass is 16.3. The molecule has 94 valence electrons. The van der Waals surface area contributed by atoms with Gasteiger partial charge in [-0.15, -0.1) is 0 Å². The third-order valence-corrected chi connectivity index (χ3v) is 3.12. The summed E-state index contributed by atoms with van der Waals surface area (Å²) in [6.45, 7) is 1.94. The Morgan fingerprint density at radius 1 is 1.22 bits per heavy atom. The Morgan fingerprint density at radius 2 is 1.94 bits per heavy atom. The van der Waals surface area contributed by atoms with Gasteiger partial charge in [0.2, 0.25) is 0 Å². The van der Waals surface area contributed by atoms with Crippen molar-refractivity contribution in [1.29, 1.82) is 0 Å². The number of pyridine rings is 1. The van der Waals surface area contributed by atoms with Crippen LogP contribution >= 0.6 is 0 Å². The van der Waals surface area contributed by atoms with E-state index in [1.54, 1.807) is 6.20 Å².